The summed E-state index contributed by atoms with van der Waals surface area (Å²) in [5, 5.41) is 20.2. The van der Waals surface area contributed by atoms with Crippen molar-refractivity contribution in [2.24, 2.45) is 0 Å². The van der Waals surface area contributed by atoms with Crippen molar-refractivity contribution in [3.63, 3.8) is 0 Å². The van der Waals surface area contributed by atoms with E-state index < -0.39 is 12.1 Å². The maximum atomic E-state index is 11.8. The normalized spacial score (nSPS) is 20.6. The molecule has 1 aliphatic heterocycles. The third-order valence-electron chi connectivity index (χ3n) is 3.72. The minimum Gasteiger partial charge on any atom is -0.479 e. The number of carbonyl (C=O) groups excluding carboxylic acids is 1. The van der Waals surface area contributed by atoms with E-state index in [9.17, 15) is 9.59 Å². The molecule has 7 nitrogen and oxygen atoms in total. The van der Waals surface area contributed by atoms with Gasteiger partial charge < -0.3 is 20.4 Å². The van der Waals surface area contributed by atoms with E-state index in [0.717, 1.165) is 19.5 Å². The number of hydrogen-bond acceptors (Lipinski definition) is 4. The molecule has 1 fully saturated rings. The highest BCUT2D eigenvalue weighted by Gasteiger charge is 2.25. The van der Waals surface area contributed by atoms with Gasteiger partial charge in [0.25, 0.3) is 0 Å². The van der Waals surface area contributed by atoms with E-state index in [1.165, 1.54) is 6.42 Å². The summed E-state index contributed by atoms with van der Waals surface area (Å²) in [5.74, 6) is -1.27. The van der Waals surface area contributed by atoms with Crippen LogP contribution in [0.1, 0.15) is 26.2 Å². The molecule has 0 aromatic rings. The fourth-order valence-electron chi connectivity index (χ4n) is 2.49. The molecule has 0 aromatic carbocycles. The highest BCUT2D eigenvalue weighted by atomic mass is 16.4. The molecule has 1 saturated heterocycles. The number of aliphatic hydroxyl groups is 1. The van der Waals surface area contributed by atoms with Gasteiger partial charge in [0, 0.05) is 32.6 Å². The first-order chi connectivity index (χ1) is 9.45. The van der Waals surface area contributed by atoms with Gasteiger partial charge >= 0.3 is 12.0 Å². The van der Waals surface area contributed by atoms with Crippen molar-refractivity contribution in [3.8, 4) is 0 Å². The van der Waals surface area contributed by atoms with Gasteiger partial charge in [-0.3, -0.25) is 4.90 Å². The molecule has 2 atom stereocenters. The third-order valence-corrected chi connectivity index (χ3v) is 3.72. The monoisotopic (exact) mass is 287 g/mol. The van der Waals surface area contributed by atoms with Gasteiger partial charge in [0.05, 0.1) is 0 Å². The Balaban J connectivity index is 2.27. The Bertz CT molecular complexity index is 338. The standard InChI is InChI=1S/C13H25N3O4/c1-3-16-8-4-5-10(16)9-15(2)13(20)14-7-6-11(17)12(18)19/h10-11,17H,3-9H2,1-2H3,(H,14,20)(H,18,19)/t10?,11-/m0/s1. The third kappa shape index (κ3) is 4.97. The second kappa shape index (κ2) is 8.06. The lowest BCUT2D eigenvalue weighted by atomic mass is 10.2. The van der Waals surface area contributed by atoms with Crippen molar-refractivity contribution in [1.82, 2.24) is 15.1 Å². The lowest BCUT2D eigenvalue weighted by molar-refractivity contribution is -0.146. The second-order valence-corrected chi connectivity index (χ2v) is 5.18. The minimum atomic E-state index is -1.42. The predicted molar refractivity (Wildman–Crippen MR) is 74.6 cm³/mol. The zero-order valence-corrected chi connectivity index (χ0v) is 12.2. The number of nitrogens with one attached hydrogen (secondary N) is 1. The molecule has 20 heavy (non-hydrogen) atoms. The van der Waals surface area contributed by atoms with Gasteiger partial charge in [-0.15, -0.1) is 0 Å². The van der Waals surface area contributed by atoms with E-state index >= 15 is 0 Å². The van der Waals surface area contributed by atoms with Crippen molar-refractivity contribution in [3.05, 3.63) is 0 Å². The lowest BCUT2D eigenvalue weighted by Gasteiger charge is -2.27. The molecular formula is C13H25N3O4. The van der Waals surface area contributed by atoms with Crippen molar-refractivity contribution < 1.29 is 19.8 Å². The van der Waals surface area contributed by atoms with E-state index in [2.05, 4.69) is 17.1 Å². The summed E-state index contributed by atoms with van der Waals surface area (Å²) in [7, 11) is 1.73. The lowest BCUT2D eigenvalue weighted by Crippen LogP contribution is -2.45. The van der Waals surface area contributed by atoms with E-state index in [4.69, 9.17) is 10.2 Å². The van der Waals surface area contributed by atoms with Crippen LogP contribution >= 0.6 is 0 Å². The highest BCUT2D eigenvalue weighted by Crippen LogP contribution is 2.17. The van der Waals surface area contributed by atoms with Gasteiger partial charge in [-0.25, -0.2) is 9.59 Å². The molecule has 0 aliphatic carbocycles. The molecule has 1 heterocycles. The van der Waals surface area contributed by atoms with Gasteiger partial charge in [-0.1, -0.05) is 6.92 Å². The number of hydrogen-bond donors (Lipinski definition) is 3. The summed E-state index contributed by atoms with van der Waals surface area (Å²) in [5.41, 5.74) is 0. The topological polar surface area (TPSA) is 93.1 Å². The number of amides is 2. The molecular weight excluding hydrogens is 262 g/mol. The molecule has 0 bridgehead atoms. The first kappa shape index (κ1) is 16.7. The fourth-order valence-corrected chi connectivity index (χ4v) is 2.49. The first-order valence-electron chi connectivity index (χ1n) is 7.09. The number of likely N-dealkylation sites (N-methyl/N-ethyl adjacent to an activating group) is 2. The number of urea groups is 1. The zero-order valence-electron chi connectivity index (χ0n) is 12.2. The largest absolute Gasteiger partial charge is 0.479 e. The number of aliphatic carboxylic acids is 1. The van der Waals surface area contributed by atoms with E-state index in [0.29, 0.717) is 12.6 Å². The summed E-state index contributed by atoms with van der Waals surface area (Å²) in [6.45, 7) is 5.01. The summed E-state index contributed by atoms with van der Waals surface area (Å²) < 4.78 is 0. The molecule has 1 aliphatic rings. The fraction of sp³-hybridized carbons (Fsp3) is 0.846. The quantitative estimate of drug-likeness (QED) is 0.610. The Morgan fingerprint density at radius 2 is 2.20 bits per heavy atom. The summed E-state index contributed by atoms with van der Waals surface area (Å²) in [6.07, 6.45) is 0.854. The SMILES string of the molecule is CCN1CCCC1CN(C)C(=O)NCC[C@H](O)C(=O)O. The number of carbonyl (C=O) groups is 2. The second-order valence-electron chi connectivity index (χ2n) is 5.18. The van der Waals surface area contributed by atoms with Crippen LogP contribution in [-0.2, 0) is 4.79 Å². The average Bonchev–Trinajstić information content (AvgIpc) is 2.85. The number of aliphatic hydroxyl groups excluding tert-OH is 1. The Hall–Kier alpha value is -1.34. The number of rotatable bonds is 7. The number of nitrogens with zero attached hydrogens (tertiary/aromatic N) is 2. The van der Waals surface area contributed by atoms with Crippen LogP contribution in [-0.4, -0.2) is 77.4 Å². The Morgan fingerprint density at radius 3 is 2.80 bits per heavy atom. The molecule has 0 aromatic heterocycles. The minimum absolute atomic E-state index is 0.0133. The molecule has 3 N–H and O–H groups in total. The van der Waals surface area contributed by atoms with Crippen LogP contribution in [0.3, 0.4) is 0 Å². The summed E-state index contributed by atoms with van der Waals surface area (Å²) >= 11 is 0. The predicted octanol–water partition coefficient (Wildman–Crippen LogP) is -0.0523. The molecule has 7 heteroatoms. The zero-order chi connectivity index (χ0) is 15.1. The molecule has 2 amide bonds. The molecule has 1 rings (SSSR count). The van der Waals surface area contributed by atoms with Crippen molar-refractivity contribution in [2.45, 2.75) is 38.3 Å². The van der Waals surface area contributed by atoms with Crippen LogP contribution in [0.2, 0.25) is 0 Å². The van der Waals surface area contributed by atoms with Crippen molar-refractivity contribution in [2.75, 3.05) is 33.2 Å². The number of carboxylic acids is 1. The first-order valence-corrected chi connectivity index (χ1v) is 7.09. The van der Waals surface area contributed by atoms with E-state index in [1.807, 2.05) is 0 Å². The van der Waals surface area contributed by atoms with Crippen LogP contribution < -0.4 is 5.32 Å². The smallest absolute Gasteiger partial charge is 0.332 e. The van der Waals surface area contributed by atoms with E-state index in [1.54, 1.807) is 11.9 Å². The molecule has 1 unspecified atom stereocenters. The number of carboxylic acid groups (broad SMARTS) is 1. The average molecular weight is 287 g/mol. The van der Waals surface area contributed by atoms with Gasteiger partial charge in [-0.05, 0) is 25.9 Å². The van der Waals surface area contributed by atoms with Crippen molar-refractivity contribution in [1.29, 1.82) is 0 Å². The van der Waals surface area contributed by atoms with Crippen LogP contribution in [0.15, 0.2) is 0 Å². The molecule has 116 valence electrons. The number of likely N-dealkylation sites (tertiary alicyclic amines) is 1. The van der Waals surface area contributed by atoms with Crippen LogP contribution in [0.5, 0.6) is 0 Å². The molecule has 0 radical (unpaired) electrons. The molecule has 0 saturated carbocycles. The molecule has 0 spiro atoms. The maximum Gasteiger partial charge on any atom is 0.332 e. The van der Waals surface area contributed by atoms with Crippen LogP contribution in [0.4, 0.5) is 4.79 Å². The van der Waals surface area contributed by atoms with E-state index in [-0.39, 0.29) is 19.0 Å². The highest BCUT2D eigenvalue weighted by molar-refractivity contribution is 5.74. The Labute approximate surface area is 119 Å². The van der Waals surface area contributed by atoms with Crippen molar-refractivity contribution >= 4 is 12.0 Å². The summed E-state index contributed by atoms with van der Waals surface area (Å²) in [4.78, 5) is 26.2. The Morgan fingerprint density at radius 1 is 1.50 bits per heavy atom. The van der Waals surface area contributed by atoms with Crippen LogP contribution in [0, 0.1) is 0 Å². The van der Waals surface area contributed by atoms with Gasteiger partial charge in [0.1, 0.15) is 0 Å². The van der Waals surface area contributed by atoms with Crippen LogP contribution in [0.25, 0.3) is 0 Å². The Kier molecular flexibility index (Phi) is 6.74. The van der Waals surface area contributed by atoms with Gasteiger partial charge in [0.2, 0.25) is 0 Å². The van der Waals surface area contributed by atoms with Gasteiger partial charge in [0.15, 0.2) is 6.10 Å². The van der Waals surface area contributed by atoms with Gasteiger partial charge in [-0.2, -0.15) is 0 Å². The summed E-state index contributed by atoms with van der Waals surface area (Å²) in [6, 6.07) is 0.172. The maximum absolute atomic E-state index is 11.8.